The van der Waals surface area contributed by atoms with Gasteiger partial charge in [-0.15, -0.1) is 0 Å². The maximum atomic E-state index is 13.2. The third-order valence-electron chi connectivity index (χ3n) is 8.10. The molecule has 0 radical (unpaired) electrons. The van der Waals surface area contributed by atoms with Gasteiger partial charge in [0.05, 0.1) is 5.56 Å². The average molecular weight is 435 g/mol. The highest BCUT2D eigenvalue weighted by Crippen LogP contribution is 2.60. The summed E-state index contributed by atoms with van der Waals surface area (Å²) in [7, 11) is 0. The second-order valence-corrected chi connectivity index (χ2v) is 10.3. The predicted molar refractivity (Wildman–Crippen MR) is 109 cm³/mol. The standard InChI is InChI=1S/C24H29F3N2O2/c25-24(26,27)19-3-1-18(2-4-19)21(30)29-7-5-20(6-8-29)28-22(31)23-12-15-9-16(13-23)11-17(10-15)14-23/h1-4,15-17,20H,5-14H2,(H,28,31). The SMILES string of the molecule is O=C(c1ccc(C(F)(F)F)cc1)N1CCC(NC(=O)C23CC4CC(CC(C4)C2)C3)CC1. The number of halogens is 3. The molecular formula is C24H29F3N2O2. The molecule has 0 unspecified atom stereocenters. The van der Waals surface area contributed by atoms with Gasteiger partial charge in [0.15, 0.2) is 0 Å². The zero-order valence-corrected chi connectivity index (χ0v) is 17.6. The average Bonchev–Trinajstić information content (AvgIpc) is 2.72. The van der Waals surface area contributed by atoms with Crippen LogP contribution in [0, 0.1) is 23.2 Å². The fourth-order valence-corrected chi connectivity index (χ4v) is 6.94. The maximum Gasteiger partial charge on any atom is 0.416 e. The van der Waals surface area contributed by atoms with Crippen molar-refractivity contribution in [3.63, 3.8) is 0 Å². The van der Waals surface area contributed by atoms with E-state index in [9.17, 15) is 22.8 Å². The van der Waals surface area contributed by atoms with Crippen molar-refractivity contribution in [3.8, 4) is 0 Å². The van der Waals surface area contributed by atoms with Crippen LogP contribution in [0.5, 0.6) is 0 Å². The quantitative estimate of drug-likeness (QED) is 0.753. The number of piperidine rings is 1. The molecule has 1 N–H and O–H groups in total. The summed E-state index contributed by atoms with van der Waals surface area (Å²) in [6.07, 6.45) is 3.98. The van der Waals surface area contributed by atoms with E-state index in [2.05, 4.69) is 5.32 Å². The van der Waals surface area contributed by atoms with Gasteiger partial charge in [-0.2, -0.15) is 13.2 Å². The molecule has 4 saturated carbocycles. The van der Waals surface area contributed by atoms with Crippen LogP contribution in [-0.4, -0.2) is 35.8 Å². The fourth-order valence-electron chi connectivity index (χ4n) is 6.94. The van der Waals surface area contributed by atoms with Crippen molar-refractivity contribution >= 4 is 11.8 Å². The summed E-state index contributed by atoms with van der Waals surface area (Å²) in [4.78, 5) is 27.6. The van der Waals surface area contributed by atoms with Crippen LogP contribution in [-0.2, 0) is 11.0 Å². The molecule has 4 bridgehead atoms. The third-order valence-corrected chi connectivity index (χ3v) is 8.10. The van der Waals surface area contributed by atoms with Gasteiger partial charge in [0.25, 0.3) is 5.91 Å². The van der Waals surface area contributed by atoms with E-state index in [0.717, 1.165) is 49.1 Å². The zero-order chi connectivity index (χ0) is 21.8. The molecule has 0 spiro atoms. The second kappa shape index (κ2) is 7.52. The third kappa shape index (κ3) is 3.96. The number of rotatable bonds is 3. The number of alkyl halides is 3. The Hall–Kier alpha value is -2.05. The fraction of sp³-hybridized carbons (Fsp3) is 0.667. The van der Waals surface area contributed by atoms with Crippen molar-refractivity contribution in [2.24, 2.45) is 23.2 Å². The molecule has 4 aliphatic carbocycles. The van der Waals surface area contributed by atoms with E-state index in [4.69, 9.17) is 0 Å². The molecule has 1 aromatic carbocycles. The number of carbonyl (C=O) groups excluding carboxylic acids is 2. The molecule has 6 rings (SSSR count). The second-order valence-electron chi connectivity index (χ2n) is 10.3. The van der Waals surface area contributed by atoms with Crippen LogP contribution in [0.4, 0.5) is 13.2 Å². The first-order valence-electron chi connectivity index (χ1n) is 11.5. The molecule has 4 nitrogen and oxygen atoms in total. The van der Waals surface area contributed by atoms with Gasteiger partial charge in [-0.05, 0) is 93.4 Å². The molecule has 1 saturated heterocycles. The van der Waals surface area contributed by atoms with Crippen molar-refractivity contribution < 1.29 is 22.8 Å². The normalized spacial score (nSPS) is 32.9. The first kappa shape index (κ1) is 20.8. The Morgan fingerprint density at radius 3 is 1.90 bits per heavy atom. The monoisotopic (exact) mass is 434 g/mol. The van der Waals surface area contributed by atoms with Crippen LogP contribution < -0.4 is 5.32 Å². The molecule has 5 aliphatic rings. The van der Waals surface area contributed by atoms with Crippen LogP contribution in [0.25, 0.3) is 0 Å². The molecule has 0 atom stereocenters. The largest absolute Gasteiger partial charge is 0.416 e. The number of amides is 2. The maximum absolute atomic E-state index is 13.2. The topological polar surface area (TPSA) is 49.4 Å². The Morgan fingerprint density at radius 1 is 0.903 bits per heavy atom. The minimum Gasteiger partial charge on any atom is -0.353 e. The van der Waals surface area contributed by atoms with E-state index in [1.165, 1.54) is 31.4 Å². The summed E-state index contributed by atoms with van der Waals surface area (Å²) in [6.45, 7) is 1.01. The van der Waals surface area contributed by atoms with Gasteiger partial charge in [-0.25, -0.2) is 0 Å². The summed E-state index contributed by atoms with van der Waals surface area (Å²) < 4.78 is 38.2. The van der Waals surface area contributed by atoms with E-state index in [1.54, 1.807) is 4.90 Å². The molecule has 2 amide bonds. The number of nitrogens with one attached hydrogen (secondary N) is 1. The summed E-state index contributed by atoms with van der Waals surface area (Å²) >= 11 is 0. The van der Waals surface area contributed by atoms with Crippen molar-refractivity contribution in [3.05, 3.63) is 35.4 Å². The lowest BCUT2D eigenvalue weighted by Crippen LogP contribution is -2.56. The molecule has 5 fully saturated rings. The summed E-state index contributed by atoms with van der Waals surface area (Å²) in [5, 5.41) is 3.30. The highest BCUT2D eigenvalue weighted by atomic mass is 19.4. The minimum atomic E-state index is -4.41. The zero-order valence-electron chi connectivity index (χ0n) is 17.6. The number of nitrogens with zero attached hydrogens (tertiary/aromatic N) is 1. The van der Waals surface area contributed by atoms with Crippen molar-refractivity contribution in [2.75, 3.05) is 13.1 Å². The Labute approximate surface area is 180 Å². The number of carbonyl (C=O) groups is 2. The molecule has 0 aromatic heterocycles. The lowest BCUT2D eigenvalue weighted by molar-refractivity contribution is -0.147. The van der Waals surface area contributed by atoms with Crippen molar-refractivity contribution in [1.82, 2.24) is 10.2 Å². The number of benzene rings is 1. The molecule has 7 heteroatoms. The van der Waals surface area contributed by atoms with Crippen LogP contribution >= 0.6 is 0 Å². The molecule has 168 valence electrons. The first-order valence-corrected chi connectivity index (χ1v) is 11.5. The lowest BCUT2D eigenvalue weighted by atomic mass is 9.49. The van der Waals surface area contributed by atoms with Gasteiger partial charge in [0.2, 0.25) is 5.91 Å². The van der Waals surface area contributed by atoms with Crippen molar-refractivity contribution in [1.29, 1.82) is 0 Å². The van der Waals surface area contributed by atoms with Gasteiger partial charge < -0.3 is 10.2 Å². The van der Waals surface area contributed by atoms with E-state index in [0.29, 0.717) is 25.9 Å². The summed E-state index contributed by atoms with van der Waals surface area (Å²) in [6, 6.07) is 4.45. The van der Waals surface area contributed by atoms with E-state index >= 15 is 0 Å². The summed E-state index contributed by atoms with van der Waals surface area (Å²) in [5.41, 5.74) is -0.652. The lowest BCUT2D eigenvalue weighted by Gasteiger charge is -2.56. The molecular weight excluding hydrogens is 405 g/mol. The highest BCUT2D eigenvalue weighted by Gasteiger charge is 2.54. The highest BCUT2D eigenvalue weighted by molar-refractivity contribution is 5.94. The number of likely N-dealkylation sites (tertiary alicyclic amines) is 1. The van der Waals surface area contributed by atoms with Gasteiger partial charge in [0, 0.05) is 30.1 Å². The molecule has 1 aromatic rings. The van der Waals surface area contributed by atoms with Crippen LogP contribution in [0.2, 0.25) is 0 Å². The minimum absolute atomic E-state index is 0.0668. The Morgan fingerprint density at radius 2 is 1.42 bits per heavy atom. The number of hydrogen-bond donors (Lipinski definition) is 1. The van der Waals surface area contributed by atoms with Gasteiger partial charge in [0.1, 0.15) is 0 Å². The Kier molecular flexibility index (Phi) is 5.05. The van der Waals surface area contributed by atoms with Crippen LogP contribution in [0.1, 0.15) is 67.3 Å². The van der Waals surface area contributed by atoms with E-state index in [1.807, 2.05) is 0 Å². The van der Waals surface area contributed by atoms with Crippen LogP contribution in [0.15, 0.2) is 24.3 Å². The predicted octanol–water partition coefficient (Wildman–Crippen LogP) is 4.64. The van der Waals surface area contributed by atoms with E-state index < -0.39 is 11.7 Å². The molecule has 1 aliphatic heterocycles. The molecule has 1 heterocycles. The van der Waals surface area contributed by atoms with Crippen LogP contribution in [0.3, 0.4) is 0 Å². The van der Waals surface area contributed by atoms with Gasteiger partial charge >= 0.3 is 6.18 Å². The van der Waals surface area contributed by atoms with Gasteiger partial charge in [-0.3, -0.25) is 9.59 Å². The Balaban J connectivity index is 1.16. The van der Waals surface area contributed by atoms with Gasteiger partial charge in [-0.1, -0.05) is 0 Å². The van der Waals surface area contributed by atoms with E-state index in [-0.39, 0.29) is 28.8 Å². The Bertz CT molecular complexity index is 821. The first-order chi connectivity index (χ1) is 14.7. The summed E-state index contributed by atoms with van der Waals surface area (Å²) in [5.74, 6) is 2.14. The number of hydrogen-bond acceptors (Lipinski definition) is 2. The van der Waals surface area contributed by atoms with Crippen molar-refractivity contribution in [2.45, 2.75) is 63.6 Å². The smallest absolute Gasteiger partial charge is 0.353 e. The molecule has 31 heavy (non-hydrogen) atoms.